The molecule has 1 aliphatic rings. The van der Waals surface area contributed by atoms with Crippen molar-refractivity contribution < 1.29 is 0 Å². The highest BCUT2D eigenvalue weighted by Crippen LogP contribution is 2.33. The minimum Gasteiger partial charge on any atom is -0.369 e. The molecule has 23 heavy (non-hydrogen) atoms. The number of aromatic nitrogens is 2. The van der Waals surface area contributed by atoms with Crippen molar-refractivity contribution in [1.82, 2.24) is 9.97 Å². The molecule has 0 aliphatic carbocycles. The maximum atomic E-state index is 4.53. The summed E-state index contributed by atoms with van der Waals surface area (Å²) in [4.78, 5) is 12.3. The van der Waals surface area contributed by atoms with Gasteiger partial charge >= 0.3 is 0 Å². The van der Waals surface area contributed by atoms with Crippen molar-refractivity contribution in [3.05, 3.63) is 55.0 Å². The highest BCUT2D eigenvalue weighted by atomic mass is 32.2. The van der Waals surface area contributed by atoms with Gasteiger partial charge in [0.1, 0.15) is 5.01 Å². The highest BCUT2D eigenvalue weighted by Gasteiger charge is 2.25. The number of pyridine rings is 1. The zero-order valence-electron chi connectivity index (χ0n) is 12.8. The minimum atomic E-state index is 0.790. The zero-order chi connectivity index (χ0) is 15.6. The third kappa shape index (κ3) is 2.99. The topological polar surface area (TPSA) is 29.0 Å². The fourth-order valence-electron chi connectivity index (χ4n) is 2.66. The van der Waals surface area contributed by atoms with Crippen LogP contribution in [-0.2, 0) is 0 Å². The van der Waals surface area contributed by atoms with Gasteiger partial charge in [0.2, 0.25) is 0 Å². The van der Waals surface area contributed by atoms with Crippen LogP contribution in [0, 0.1) is 0 Å². The normalized spacial score (nSPS) is 14.7. The largest absolute Gasteiger partial charge is 0.369 e. The van der Waals surface area contributed by atoms with Crippen LogP contribution in [0.2, 0.25) is 0 Å². The molecule has 4 rings (SSSR count). The van der Waals surface area contributed by atoms with Gasteiger partial charge in [0.25, 0.3) is 0 Å². The quantitative estimate of drug-likeness (QED) is 0.703. The maximum Gasteiger partial charge on any atom is 0.125 e. The monoisotopic (exact) mass is 339 g/mol. The lowest BCUT2D eigenvalue weighted by Gasteiger charge is -2.40. The first-order chi connectivity index (χ1) is 11.3. The van der Waals surface area contributed by atoms with E-state index in [-0.39, 0.29) is 0 Å². The van der Waals surface area contributed by atoms with Crippen LogP contribution < -0.4 is 4.90 Å². The van der Waals surface area contributed by atoms with Gasteiger partial charge in [-0.25, -0.2) is 4.98 Å². The van der Waals surface area contributed by atoms with Crippen LogP contribution in [0.4, 0.5) is 5.69 Å². The predicted molar refractivity (Wildman–Crippen MR) is 100 cm³/mol. The van der Waals surface area contributed by atoms with Crippen LogP contribution in [0.5, 0.6) is 0 Å². The molecule has 0 unspecified atom stereocenters. The Hall–Kier alpha value is -1.85. The SMILES string of the molecule is CSC1CN(c2ccc(-c3cnc(-c4cccnc4)s3)cc2)C1. The molecular weight excluding hydrogens is 322 g/mol. The number of rotatable bonds is 4. The Morgan fingerprint density at radius 3 is 2.61 bits per heavy atom. The van der Waals surface area contributed by atoms with Crippen molar-refractivity contribution in [1.29, 1.82) is 0 Å². The summed E-state index contributed by atoms with van der Waals surface area (Å²) >= 11 is 3.67. The molecule has 1 fully saturated rings. The van der Waals surface area contributed by atoms with Crippen LogP contribution in [0.15, 0.2) is 55.0 Å². The molecule has 1 aromatic carbocycles. The van der Waals surface area contributed by atoms with E-state index < -0.39 is 0 Å². The molecule has 116 valence electrons. The van der Waals surface area contributed by atoms with Gasteiger partial charge in [-0.1, -0.05) is 12.1 Å². The van der Waals surface area contributed by atoms with Crippen molar-refractivity contribution in [2.24, 2.45) is 0 Å². The van der Waals surface area contributed by atoms with Gasteiger partial charge in [0, 0.05) is 48.2 Å². The van der Waals surface area contributed by atoms with Gasteiger partial charge in [0.15, 0.2) is 0 Å². The molecule has 5 heteroatoms. The fraction of sp³-hybridized carbons (Fsp3) is 0.222. The second-order valence-corrected chi connectivity index (χ2v) is 7.75. The van der Waals surface area contributed by atoms with Crippen LogP contribution in [0.3, 0.4) is 0 Å². The van der Waals surface area contributed by atoms with E-state index in [1.807, 2.05) is 36.3 Å². The molecule has 3 heterocycles. The van der Waals surface area contributed by atoms with Crippen molar-refractivity contribution in [2.45, 2.75) is 5.25 Å². The van der Waals surface area contributed by atoms with Crippen molar-refractivity contribution in [3.63, 3.8) is 0 Å². The molecule has 0 saturated carbocycles. The second kappa shape index (κ2) is 6.34. The average Bonchev–Trinajstić information content (AvgIpc) is 3.05. The van der Waals surface area contributed by atoms with Gasteiger partial charge in [-0.3, -0.25) is 4.98 Å². The lowest BCUT2D eigenvalue weighted by Crippen LogP contribution is -2.48. The first-order valence-electron chi connectivity index (χ1n) is 7.58. The number of hydrogen-bond donors (Lipinski definition) is 0. The third-order valence-electron chi connectivity index (χ3n) is 4.11. The Bertz CT molecular complexity index is 778. The van der Waals surface area contributed by atoms with Gasteiger partial charge in [-0.05, 0) is 36.1 Å². The standard InChI is InChI=1S/C18H17N3S2/c1-22-16-11-21(12-16)15-6-4-13(5-7-15)17-10-20-18(23-17)14-3-2-8-19-9-14/h2-10,16H,11-12H2,1H3. The summed E-state index contributed by atoms with van der Waals surface area (Å²) in [6.45, 7) is 2.32. The molecule has 0 amide bonds. The average molecular weight is 339 g/mol. The number of anilines is 1. The summed E-state index contributed by atoms with van der Waals surface area (Å²) in [5, 5.41) is 1.81. The Labute approximate surface area is 144 Å². The molecule has 0 spiro atoms. The van der Waals surface area contributed by atoms with Gasteiger partial charge in [0.05, 0.1) is 4.88 Å². The van der Waals surface area contributed by atoms with E-state index in [9.17, 15) is 0 Å². The zero-order valence-corrected chi connectivity index (χ0v) is 14.5. The molecular formula is C18H17N3S2. The van der Waals surface area contributed by atoms with E-state index in [0.29, 0.717) is 0 Å². The Morgan fingerprint density at radius 2 is 1.91 bits per heavy atom. The van der Waals surface area contributed by atoms with Gasteiger partial charge < -0.3 is 4.90 Å². The Kier molecular flexibility index (Phi) is 4.06. The van der Waals surface area contributed by atoms with Crippen LogP contribution in [0.25, 0.3) is 21.0 Å². The smallest absolute Gasteiger partial charge is 0.125 e. The number of thioether (sulfide) groups is 1. The minimum absolute atomic E-state index is 0.790. The maximum absolute atomic E-state index is 4.53. The number of nitrogens with zero attached hydrogens (tertiary/aromatic N) is 3. The molecule has 1 saturated heterocycles. The van der Waals surface area contributed by atoms with Gasteiger partial charge in [-0.2, -0.15) is 11.8 Å². The first kappa shape index (κ1) is 14.7. The summed E-state index contributed by atoms with van der Waals surface area (Å²) in [7, 11) is 0. The van der Waals surface area contributed by atoms with Crippen molar-refractivity contribution in [3.8, 4) is 21.0 Å². The number of benzene rings is 1. The molecule has 0 bridgehead atoms. The number of thiazole rings is 1. The molecule has 1 aliphatic heterocycles. The Morgan fingerprint density at radius 1 is 1.09 bits per heavy atom. The molecule has 3 aromatic rings. The lowest BCUT2D eigenvalue weighted by molar-refractivity contribution is 0.636. The summed E-state index contributed by atoms with van der Waals surface area (Å²) < 4.78 is 0. The van der Waals surface area contributed by atoms with Crippen molar-refractivity contribution >= 4 is 28.8 Å². The second-order valence-electron chi connectivity index (χ2n) is 5.58. The molecule has 3 nitrogen and oxygen atoms in total. The van der Waals surface area contributed by atoms with E-state index in [0.717, 1.165) is 28.9 Å². The molecule has 0 atom stereocenters. The van der Waals surface area contributed by atoms with Crippen LogP contribution in [0.1, 0.15) is 0 Å². The van der Waals surface area contributed by atoms with E-state index in [2.05, 4.69) is 45.4 Å². The first-order valence-corrected chi connectivity index (χ1v) is 9.68. The van der Waals surface area contributed by atoms with Crippen LogP contribution in [-0.4, -0.2) is 34.6 Å². The molecule has 2 aromatic heterocycles. The van der Waals surface area contributed by atoms with Gasteiger partial charge in [-0.15, -0.1) is 11.3 Å². The summed E-state index contributed by atoms with van der Waals surface area (Å²) in [6.07, 6.45) is 7.79. The van der Waals surface area contributed by atoms with Crippen LogP contribution >= 0.6 is 23.1 Å². The van der Waals surface area contributed by atoms with E-state index in [1.165, 1.54) is 16.1 Å². The van der Waals surface area contributed by atoms with Crippen molar-refractivity contribution in [2.75, 3.05) is 24.2 Å². The predicted octanol–water partition coefficient (Wildman–Crippen LogP) is 4.42. The van der Waals surface area contributed by atoms with E-state index in [1.54, 1.807) is 17.5 Å². The summed E-state index contributed by atoms with van der Waals surface area (Å²) in [6, 6.07) is 12.8. The van der Waals surface area contributed by atoms with E-state index in [4.69, 9.17) is 0 Å². The molecule has 0 radical (unpaired) electrons. The molecule has 0 N–H and O–H groups in total. The lowest BCUT2D eigenvalue weighted by atomic mass is 10.1. The summed E-state index contributed by atoms with van der Waals surface area (Å²) in [5.74, 6) is 0. The highest BCUT2D eigenvalue weighted by molar-refractivity contribution is 7.99. The fourth-order valence-corrected chi connectivity index (χ4v) is 4.23. The van der Waals surface area contributed by atoms with E-state index >= 15 is 0 Å². The summed E-state index contributed by atoms with van der Waals surface area (Å²) in [5.41, 5.74) is 3.61. The Balaban J connectivity index is 1.52. The number of hydrogen-bond acceptors (Lipinski definition) is 5. The third-order valence-corrected chi connectivity index (χ3v) is 6.17.